The van der Waals surface area contributed by atoms with Gasteiger partial charge in [-0.05, 0) is 31.9 Å². The van der Waals surface area contributed by atoms with Crippen molar-refractivity contribution in [3.8, 4) is 0 Å². The van der Waals surface area contributed by atoms with Gasteiger partial charge in [0.15, 0.2) is 0 Å². The first-order valence-corrected chi connectivity index (χ1v) is 10.6. The molecule has 2 amide bonds. The van der Waals surface area contributed by atoms with Crippen LogP contribution in [0, 0.1) is 0 Å². The van der Waals surface area contributed by atoms with Crippen LogP contribution in [-0.2, 0) is 41.7 Å². The van der Waals surface area contributed by atoms with Crippen LogP contribution in [-0.4, -0.2) is 56.2 Å². The molecule has 0 fully saturated rings. The Labute approximate surface area is 202 Å². The molecule has 0 aromatic heterocycles. The SMILES string of the molecule is CC(C)(C)OC(=O)N(C(=O)CC(=O)OCc1ccccc1)C(Cc1ccccc1)(C(=O)O)C(=O)O. The van der Waals surface area contributed by atoms with Crippen molar-refractivity contribution >= 4 is 29.9 Å². The fourth-order valence-corrected chi connectivity index (χ4v) is 3.17. The number of carboxylic acid groups (broad SMARTS) is 2. The van der Waals surface area contributed by atoms with Gasteiger partial charge in [0, 0.05) is 6.42 Å². The second-order valence-electron chi connectivity index (χ2n) is 8.67. The van der Waals surface area contributed by atoms with E-state index in [1.807, 2.05) is 0 Å². The molecule has 0 aliphatic carbocycles. The fourth-order valence-electron chi connectivity index (χ4n) is 3.17. The summed E-state index contributed by atoms with van der Waals surface area (Å²) in [6.07, 6.45) is -3.36. The largest absolute Gasteiger partial charge is 0.479 e. The van der Waals surface area contributed by atoms with Crippen molar-refractivity contribution in [2.45, 2.75) is 51.4 Å². The predicted molar refractivity (Wildman–Crippen MR) is 122 cm³/mol. The van der Waals surface area contributed by atoms with E-state index in [-0.39, 0.29) is 17.1 Å². The zero-order valence-electron chi connectivity index (χ0n) is 19.6. The van der Waals surface area contributed by atoms with Gasteiger partial charge in [-0.1, -0.05) is 60.7 Å². The number of ether oxygens (including phenoxy) is 2. The number of carboxylic acids is 2. The number of benzene rings is 2. The normalized spacial score (nSPS) is 11.3. The van der Waals surface area contributed by atoms with E-state index in [9.17, 15) is 34.2 Å². The van der Waals surface area contributed by atoms with Crippen LogP contribution in [0.3, 0.4) is 0 Å². The summed E-state index contributed by atoms with van der Waals surface area (Å²) in [7, 11) is 0. The minimum atomic E-state index is -3.08. The second kappa shape index (κ2) is 11.3. The van der Waals surface area contributed by atoms with Crippen molar-refractivity contribution < 1.29 is 43.7 Å². The third kappa shape index (κ3) is 7.13. The summed E-state index contributed by atoms with van der Waals surface area (Å²) >= 11 is 0. The minimum Gasteiger partial charge on any atom is -0.479 e. The molecule has 10 nitrogen and oxygen atoms in total. The van der Waals surface area contributed by atoms with E-state index in [4.69, 9.17) is 9.47 Å². The highest BCUT2D eigenvalue weighted by atomic mass is 16.6. The Hall–Kier alpha value is -4.21. The van der Waals surface area contributed by atoms with Crippen molar-refractivity contribution in [2.24, 2.45) is 0 Å². The lowest BCUT2D eigenvalue weighted by Crippen LogP contribution is -2.66. The maximum Gasteiger partial charge on any atom is 0.418 e. The summed E-state index contributed by atoms with van der Waals surface area (Å²) in [6, 6.07) is 16.2. The average Bonchev–Trinajstić information content (AvgIpc) is 2.77. The first-order chi connectivity index (χ1) is 16.4. The molecule has 0 unspecified atom stereocenters. The highest BCUT2D eigenvalue weighted by Crippen LogP contribution is 2.27. The molecule has 0 heterocycles. The zero-order chi connectivity index (χ0) is 26.2. The Balaban J connectivity index is 2.43. The van der Waals surface area contributed by atoms with Gasteiger partial charge >= 0.3 is 24.0 Å². The quantitative estimate of drug-likeness (QED) is 0.404. The number of hydrogen-bond acceptors (Lipinski definition) is 7. The van der Waals surface area contributed by atoms with Crippen LogP contribution in [0.1, 0.15) is 38.3 Å². The van der Waals surface area contributed by atoms with Crippen LogP contribution >= 0.6 is 0 Å². The molecule has 0 spiro atoms. The van der Waals surface area contributed by atoms with Gasteiger partial charge in [0.25, 0.3) is 5.54 Å². The van der Waals surface area contributed by atoms with Crippen molar-refractivity contribution in [1.82, 2.24) is 4.90 Å². The lowest BCUT2D eigenvalue weighted by Gasteiger charge is -2.36. The molecule has 10 heteroatoms. The molecule has 0 saturated heterocycles. The van der Waals surface area contributed by atoms with Crippen LogP contribution in [0.25, 0.3) is 0 Å². The number of carbonyl (C=O) groups is 5. The van der Waals surface area contributed by atoms with Gasteiger partial charge in [0.1, 0.15) is 18.6 Å². The number of carbonyl (C=O) groups excluding carboxylic acids is 3. The molecule has 2 N–H and O–H groups in total. The second-order valence-corrected chi connectivity index (χ2v) is 8.67. The molecule has 0 aliphatic heterocycles. The van der Waals surface area contributed by atoms with Crippen LogP contribution < -0.4 is 0 Å². The number of rotatable bonds is 9. The van der Waals surface area contributed by atoms with Crippen molar-refractivity contribution in [3.05, 3.63) is 71.8 Å². The molecule has 2 rings (SSSR count). The van der Waals surface area contributed by atoms with Crippen molar-refractivity contribution in [1.29, 1.82) is 0 Å². The zero-order valence-corrected chi connectivity index (χ0v) is 19.6. The van der Waals surface area contributed by atoms with Crippen LogP contribution in [0.5, 0.6) is 0 Å². The molecular weight excluding hydrogens is 458 g/mol. The van der Waals surface area contributed by atoms with Gasteiger partial charge in [-0.2, -0.15) is 0 Å². The standard InChI is InChI=1S/C25H27NO9/c1-24(2,3)35-23(33)26(19(27)14-20(28)34-16-18-12-8-5-9-13-18)25(21(29)30,22(31)32)15-17-10-6-4-7-11-17/h4-13H,14-16H2,1-3H3,(H,29,30)(H,31,32). The van der Waals surface area contributed by atoms with Crippen molar-refractivity contribution in [2.75, 3.05) is 0 Å². The predicted octanol–water partition coefficient (Wildman–Crippen LogP) is 3.03. The van der Waals surface area contributed by atoms with Gasteiger partial charge < -0.3 is 19.7 Å². The van der Waals surface area contributed by atoms with Gasteiger partial charge in [-0.25, -0.2) is 19.3 Å². The summed E-state index contributed by atoms with van der Waals surface area (Å²) in [5.74, 6) is -6.42. The van der Waals surface area contributed by atoms with E-state index in [0.29, 0.717) is 5.56 Å². The topological polar surface area (TPSA) is 148 Å². The molecule has 2 aromatic rings. The Morgan fingerprint density at radius 3 is 1.74 bits per heavy atom. The number of aliphatic carboxylic acids is 2. The van der Waals surface area contributed by atoms with Crippen LogP contribution in [0.4, 0.5) is 4.79 Å². The number of amides is 2. The van der Waals surface area contributed by atoms with E-state index in [0.717, 1.165) is 0 Å². The lowest BCUT2D eigenvalue weighted by molar-refractivity contribution is -0.173. The molecule has 0 radical (unpaired) electrons. The van der Waals surface area contributed by atoms with Gasteiger partial charge in [0.2, 0.25) is 5.91 Å². The molecule has 2 aromatic carbocycles. The van der Waals surface area contributed by atoms with Gasteiger partial charge in [0.05, 0.1) is 0 Å². The number of imide groups is 1. The van der Waals surface area contributed by atoms with E-state index in [2.05, 4.69) is 0 Å². The number of hydrogen-bond donors (Lipinski definition) is 2. The van der Waals surface area contributed by atoms with E-state index in [1.54, 1.807) is 48.5 Å². The van der Waals surface area contributed by atoms with Gasteiger partial charge in [-0.3, -0.25) is 9.59 Å². The Morgan fingerprint density at radius 1 is 0.800 bits per heavy atom. The maximum atomic E-state index is 13.1. The smallest absolute Gasteiger partial charge is 0.418 e. The Bertz CT molecular complexity index is 1060. The lowest BCUT2D eigenvalue weighted by atomic mass is 9.88. The molecule has 0 bridgehead atoms. The van der Waals surface area contributed by atoms with Crippen LogP contribution in [0.2, 0.25) is 0 Å². The van der Waals surface area contributed by atoms with Crippen LogP contribution in [0.15, 0.2) is 60.7 Å². The Kier molecular flexibility index (Phi) is 8.71. The molecular formula is C25H27NO9. The molecule has 0 aliphatic rings. The first-order valence-electron chi connectivity index (χ1n) is 10.6. The molecule has 0 atom stereocenters. The first kappa shape index (κ1) is 27.0. The van der Waals surface area contributed by atoms with Crippen molar-refractivity contribution in [3.63, 3.8) is 0 Å². The molecule has 186 valence electrons. The maximum absolute atomic E-state index is 13.1. The average molecular weight is 485 g/mol. The number of nitrogens with zero attached hydrogens (tertiary/aromatic N) is 1. The summed E-state index contributed by atoms with van der Waals surface area (Å²) in [5, 5.41) is 20.0. The highest BCUT2D eigenvalue weighted by molar-refractivity contribution is 6.13. The minimum absolute atomic E-state index is 0.0142. The third-order valence-electron chi connectivity index (χ3n) is 4.76. The summed E-state index contributed by atoms with van der Waals surface area (Å²) < 4.78 is 10.2. The number of esters is 1. The van der Waals surface area contributed by atoms with E-state index in [1.165, 1.54) is 32.9 Å². The summed E-state index contributed by atoms with van der Waals surface area (Å²) in [5.41, 5.74) is -3.42. The third-order valence-corrected chi connectivity index (χ3v) is 4.76. The van der Waals surface area contributed by atoms with E-state index < -0.39 is 53.9 Å². The van der Waals surface area contributed by atoms with E-state index >= 15 is 0 Å². The fraction of sp³-hybridized carbons (Fsp3) is 0.320. The molecule has 35 heavy (non-hydrogen) atoms. The summed E-state index contributed by atoms with van der Waals surface area (Å²) in [6.45, 7) is 4.21. The summed E-state index contributed by atoms with van der Waals surface area (Å²) in [4.78, 5) is 63.2. The molecule has 0 saturated carbocycles. The highest BCUT2D eigenvalue weighted by Gasteiger charge is 2.58. The van der Waals surface area contributed by atoms with Gasteiger partial charge in [-0.15, -0.1) is 0 Å². The Morgan fingerprint density at radius 2 is 1.29 bits per heavy atom. The monoisotopic (exact) mass is 485 g/mol.